The van der Waals surface area contributed by atoms with Gasteiger partial charge in [0.05, 0.1) is 11.4 Å². The summed E-state index contributed by atoms with van der Waals surface area (Å²) >= 11 is 0. The zero-order valence-electron chi connectivity index (χ0n) is 13.9. The number of carbonyl (C=O) groups excluding carboxylic acids is 1. The quantitative estimate of drug-likeness (QED) is 0.856. The van der Waals surface area contributed by atoms with Crippen molar-refractivity contribution in [1.29, 1.82) is 0 Å². The van der Waals surface area contributed by atoms with Gasteiger partial charge < -0.3 is 5.32 Å². The average molecular weight is 339 g/mol. The third kappa shape index (κ3) is 4.53. The van der Waals surface area contributed by atoms with Gasteiger partial charge in [-0.3, -0.25) is 9.69 Å². The van der Waals surface area contributed by atoms with Crippen molar-refractivity contribution in [2.45, 2.75) is 44.0 Å². The van der Waals surface area contributed by atoms with Gasteiger partial charge in [0.25, 0.3) is 0 Å². The lowest BCUT2D eigenvalue weighted by Gasteiger charge is -2.32. The first-order valence-electron chi connectivity index (χ1n) is 7.91. The van der Waals surface area contributed by atoms with Gasteiger partial charge in [-0.1, -0.05) is 12.5 Å². The van der Waals surface area contributed by atoms with Crippen molar-refractivity contribution in [3.8, 4) is 0 Å². The number of likely N-dealkylation sites (tertiary alicyclic amines) is 1. The molecule has 1 fully saturated rings. The molecule has 6 nitrogen and oxygen atoms in total. The monoisotopic (exact) mass is 339 g/mol. The summed E-state index contributed by atoms with van der Waals surface area (Å²) in [6.07, 6.45) is 3.44. The van der Waals surface area contributed by atoms with E-state index in [0.717, 1.165) is 19.4 Å². The maximum Gasteiger partial charge on any atom is 0.240 e. The van der Waals surface area contributed by atoms with E-state index in [2.05, 4.69) is 21.9 Å². The summed E-state index contributed by atoms with van der Waals surface area (Å²) in [5.41, 5.74) is 1.14. The lowest BCUT2D eigenvalue weighted by atomic mass is 10.0. The van der Waals surface area contributed by atoms with Crippen LogP contribution in [0.4, 0.5) is 5.69 Å². The van der Waals surface area contributed by atoms with Crippen LogP contribution in [-0.4, -0.2) is 45.4 Å². The number of aryl methyl sites for hydroxylation is 1. The highest BCUT2D eigenvalue weighted by atomic mass is 32.2. The Kier molecular flexibility index (Phi) is 5.78. The molecule has 1 aliphatic rings. The summed E-state index contributed by atoms with van der Waals surface area (Å²) in [6.45, 7) is 5.13. The van der Waals surface area contributed by atoms with Crippen molar-refractivity contribution >= 4 is 21.6 Å². The van der Waals surface area contributed by atoms with Crippen LogP contribution in [-0.2, 0) is 14.8 Å². The molecule has 1 amide bonds. The van der Waals surface area contributed by atoms with Crippen LogP contribution >= 0.6 is 0 Å². The summed E-state index contributed by atoms with van der Waals surface area (Å²) in [7, 11) is -2.16. The minimum absolute atomic E-state index is 0.115. The minimum Gasteiger partial charge on any atom is -0.325 e. The lowest BCUT2D eigenvalue weighted by Crippen LogP contribution is -2.42. The van der Waals surface area contributed by atoms with Crippen molar-refractivity contribution in [3.05, 3.63) is 23.8 Å². The molecule has 23 heavy (non-hydrogen) atoms. The zero-order chi connectivity index (χ0) is 17.0. The number of benzene rings is 1. The summed E-state index contributed by atoms with van der Waals surface area (Å²) in [5.74, 6) is -0.115. The Morgan fingerprint density at radius 1 is 1.35 bits per heavy atom. The van der Waals surface area contributed by atoms with Crippen molar-refractivity contribution in [1.82, 2.24) is 9.62 Å². The van der Waals surface area contributed by atoms with Gasteiger partial charge in [0, 0.05) is 11.7 Å². The summed E-state index contributed by atoms with van der Waals surface area (Å²) in [4.78, 5) is 14.6. The first kappa shape index (κ1) is 17.9. The van der Waals surface area contributed by atoms with E-state index >= 15 is 0 Å². The number of piperidine rings is 1. The second kappa shape index (κ2) is 7.42. The van der Waals surface area contributed by atoms with Crippen molar-refractivity contribution in [2.24, 2.45) is 0 Å². The molecule has 1 heterocycles. The van der Waals surface area contributed by atoms with E-state index in [4.69, 9.17) is 0 Å². The van der Waals surface area contributed by atoms with Crippen LogP contribution in [0.2, 0.25) is 0 Å². The number of nitrogens with one attached hydrogen (secondary N) is 2. The van der Waals surface area contributed by atoms with E-state index in [1.54, 1.807) is 19.1 Å². The molecule has 128 valence electrons. The highest BCUT2D eigenvalue weighted by Crippen LogP contribution is 2.20. The van der Waals surface area contributed by atoms with Gasteiger partial charge in [-0.15, -0.1) is 0 Å². The molecule has 0 radical (unpaired) electrons. The van der Waals surface area contributed by atoms with Crippen LogP contribution in [0, 0.1) is 6.92 Å². The second-order valence-corrected chi connectivity index (χ2v) is 7.91. The zero-order valence-corrected chi connectivity index (χ0v) is 14.7. The number of carbonyl (C=O) groups is 1. The van der Waals surface area contributed by atoms with Crippen LogP contribution in [0.25, 0.3) is 0 Å². The highest BCUT2D eigenvalue weighted by molar-refractivity contribution is 7.89. The first-order valence-corrected chi connectivity index (χ1v) is 9.40. The SMILES string of the molecule is CNS(=O)(=O)c1cc(NC(=O)CN2CCCC[C@@H]2C)ccc1C. The van der Waals surface area contributed by atoms with Gasteiger partial charge in [0.1, 0.15) is 0 Å². The molecule has 1 saturated heterocycles. The van der Waals surface area contributed by atoms with E-state index in [1.807, 2.05) is 0 Å². The van der Waals surface area contributed by atoms with Gasteiger partial charge in [-0.2, -0.15) is 0 Å². The topological polar surface area (TPSA) is 78.5 Å². The Morgan fingerprint density at radius 3 is 2.74 bits per heavy atom. The molecule has 0 unspecified atom stereocenters. The average Bonchev–Trinajstić information content (AvgIpc) is 2.51. The normalized spacial score (nSPS) is 19.5. The van der Waals surface area contributed by atoms with Gasteiger partial charge in [0.2, 0.25) is 15.9 Å². The number of nitrogens with zero attached hydrogens (tertiary/aromatic N) is 1. The molecular formula is C16H25N3O3S. The minimum atomic E-state index is -3.53. The predicted molar refractivity (Wildman–Crippen MR) is 90.9 cm³/mol. The van der Waals surface area contributed by atoms with Gasteiger partial charge >= 0.3 is 0 Å². The Morgan fingerprint density at radius 2 is 2.09 bits per heavy atom. The van der Waals surface area contributed by atoms with E-state index in [9.17, 15) is 13.2 Å². The molecule has 7 heteroatoms. The molecule has 2 N–H and O–H groups in total. The van der Waals surface area contributed by atoms with Crippen molar-refractivity contribution in [2.75, 3.05) is 25.5 Å². The Balaban J connectivity index is 2.08. The van der Waals surface area contributed by atoms with Gasteiger partial charge in [0.15, 0.2) is 0 Å². The van der Waals surface area contributed by atoms with E-state index < -0.39 is 10.0 Å². The Bertz CT molecular complexity index is 673. The van der Waals surface area contributed by atoms with Crippen molar-refractivity contribution < 1.29 is 13.2 Å². The largest absolute Gasteiger partial charge is 0.325 e. The molecule has 1 aliphatic heterocycles. The summed E-state index contributed by atoms with van der Waals surface area (Å²) in [6, 6.07) is 5.33. The number of anilines is 1. The number of amides is 1. The fourth-order valence-electron chi connectivity index (χ4n) is 2.85. The Hall–Kier alpha value is -1.44. The molecule has 0 saturated carbocycles. The van der Waals surface area contributed by atoms with Crippen LogP contribution in [0.5, 0.6) is 0 Å². The van der Waals surface area contributed by atoms with Gasteiger partial charge in [-0.25, -0.2) is 13.1 Å². The molecule has 1 aromatic carbocycles. The van der Waals surface area contributed by atoms with Crippen LogP contribution < -0.4 is 10.0 Å². The summed E-state index contributed by atoms with van der Waals surface area (Å²) in [5, 5.41) is 2.80. The number of hydrogen-bond acceptors (Lipinski definition) is 4. The van der Waals surface area contributed by atoms with Crippen LogP contribution in [0.1, 0.15) is 31.7 Å². The molecular weight excluding hydrogens is 314 g/mol. The molecule has 2 rings (SSSR count). The fraction of sp³-hybridized carbons (Fsp3) is 0.562. The smallest absolute Gasteiger partial charge is 0.240 e. The molecule has 0 bridgehead atoms. The third-order valence-corrected chi connectivity index (χ3v) is 5.87. The molecule has 1 atom stereocenters. The first-order chi connectivity index (χ1) is 10.8. The van der Waals surface area contributed by atoms with E-state index in [1.165, 1.54) is 19.5 Å². The van der Waals surface area contributed by atoms with E-state index in [-0.39, 0.29) is 10.8 Å². The fourth-order valence-corrected chi connectivity index (χ4v) is 3.85. The molecule has 1 aromatic rings. The maximum absolute atomic E-state index is 12.2. The predicted octanol–water partition coefficient (Wildman–Crippen LogP) is 1.72. The van der Waals surface area contributed by atoms with Gasteiger partial charge in [-0.05, 0) is 58.0 Å². The lowest BCUT2D eigenvalue weighted by molar-refractivity contribution is -0.118. The number of hydrogen-bond donors (Lipinski definition) is 2. The van der Waals surface area contributed by atoms with Crippen LogP contribution in [0.15, 0.2) is 23.1 Å². The highest BCUT2D eigenvalue weighted by Gasteiger charge is 2.21. The van der Waals surface area contributed by atoms with E-state index in [0.29, 0.717) is 23.8 Å². The third-order valence-electron chi connectivity index (χ3n) is 4.32. The number of sulfonamides is 1. The Labute approximate surface area is 138 Å². The number of rotatable bonds is 5. The summed E-state index contributed by atoms with van der Waals surface area (Å²) < 4.78 is 26.3. The maximum atomic E-state index is 12.2. The van der Waals surface area contributed by atoms with Crippen LogP contribution in [0.3, 0.4) is 0 Å². The molecule has 0 spiro atoms. The molecule has 0 aromatic heterocycles. The second-order valence-electron chi connectivity index (χ2n) is 6.05. The molecule has 0 aliphatic carbocycles. The standard InChI is InChI=1S/C16H25N3O3S/c1-12-7-8-14(10-15(12)23(21,22)17-3)18-16(20)11-19-9-5-4-6-13(19)2/h7-8,10,13,17H,4-6,9,11H2,1-3H3,(H,18,20)/t13-/m0/s1. The van der Waals surface area contributed by atoms with Crippen molar-refractivity contribution in [3.63, 3.8) is 0 Å².